The minimum Gasteiger partial charge on any atom is -0.398 e. The third-order valence-corrected chi connectivity index (χ3v) is 3.97. The molecule has 0 aliphatic heterocycles. The molecule has 1 aliphatic carbocycles. The number of aromatic nitrogens is 1. The van der Waals surface area contributed by atoms with Crippen molar-refractivity contribution < 1.29 is 0 Å². The fourth-order valence-corrected chi connectivity index (χ4v) is 2.97. The van der Waals surface area contributed by atoms with E-state index in [4.69, 9.17) is 22.3 Å². The molecule has 0 fully saturated rings. The maximum Gasteiger partial charge on any atom is 0.0768 e. The summed E-state index contributed by atoms with van der Waals surface area (Å²) in [6, 6.07) is 14.0. The molecule has 0 radical (unpaired) electrons. The minimum atomic E-state index is 0.686. The second kappa shape index (κ2) is 3.72. The van der Waals surface area contributed by atoms with E-state index in [1.807, 2.05) is 24.3 Å². The second-order valence-corrected chi connectivity index (χ2v) is 5.28. The van der Waals surface area contributed by atoms with E-state index in [2.05, 4.69) is 18.2 Å². The van der Waals surface area contributed by atoms with E-state index in [0.717, 1.165) is 34.3 Å². The maximum absolute atomic E-state index is 6.32. The standard InChI is InChI=1S/C16H11ClN2/c17-10-5-6-12-14(8-10)19-16-11-4-2-1-3-9(11)7-13(16)15(12)18/h1-6,8H,7H2,(H2,18,19). The van der Waals surface area contributed by atoms with Crippen molar-refractivity contribution in [3.8, 4) is 11.3 Å². The molecule has 2 nitrogen and oxygen atoms in total. The van der Waals surface area contributed by atoms with Crippen LogP contribution in [0.2, 0.25) is 5.02 Å². The number of nitrogen functional groups attached to an aromatic ring is 1. The summed E-state index contributed by atoms with van der Waals surface area (Å²) in [6.07, 6.45) is 0.864. The number of hydrogen-bond acceptors (Lipinski definition) is 2. The Hall–Kier alpha value is -2.06. The van der Waals surface area contributed by atoms with Gasteiger partial charge >= 0.3 is 0 Å². The van der Waals surface area contributed by atoms with Crippen molar-refractivity contribution in [2.24, 2.45) is 0 Å². The Morgan fingerprint density at radius 3 is 2.84 bits per heavy atom. The van der Waals surface area contributed by atoms with Crippen molar-refractivity contribution in [2.75, 3.05) is 5.73 Å². The number of halogens is 1. The predicted octanol–water partition coefficient (Wildman–Crippen LogP) is 4.04. The molecular formula is C16H11ClN2. The molecule has 0 amide bonds. The van der Waals surface area contributed by atoms with Crippen LogP contribution in [0.5, 0.6) is 0 Å². The van der Waals surface area contributed by atoms with Crippen LogP contribution in [0.3, 0.4) is 0 Å². The van der Waals surface area contributed by atoms with E-state index in [0.29, 0.717) is 5.02 Å². The van der Waals surface area contributed by atoms with E-state index in [9.17, 15) is 0 Å². The number of pyridine rings is 1. The van der Waals surface area contributed by atoms with Crippen LogP contribution in [0.15, 0.2) is 42.5 Å². The number of fused-ring (bicyclic) bond motifs is 4. The molecule has 1 aliphatic rings. The first-order chi connectivity index (χ1) is 9.24. The van der Waals surface area contributed by atoms with Gasteiger partial charge in [0.1, 0.15) is 0 Å². The lowest BCUT2D eigenvalue weighted by Gasteiger charge is -2.08. The zero-order valence-electron chi connectivity index (χ0n) is 10.2. The molecule has 1 heterocycles. The molecule has 92 valence electrons. The maximum atomic E-state index is 6.32. The van der Waals surface area contributed by atoms with Gasteiger partial charge in [0.05, 0.1) is 11.2 Å². The highest BCUT2D eigenvalue weighted by atomic mass is 35.5. The van der Waals surface area contributed by atoms with Crippen LogP contribution in [-0.2, 0) is 6.42 Å². The summed E-state index contributed by atoms with van der Waals surface area (Å²) < 4.78 is 0. The van der Waals surface area contributed by atoms with Crippen molar-refractivity contribution in [1.82, 2.24) is 4.98 Å². The second-order valence-electron chi connectivity index (χ2n) is 4.85. The summed E-state index contributed by atoms with van der Waals surface area (Å²) in [7, 11) is 0. The fraction of sp³-hybridized carbons (Fsp3) is 0.0625. The number of nitrogens with two attached hydrogens (primary N) is 1. The van der Waals surface area contributed by atoms with E-state index < -0.39 is 0 Å². The first kappa shape index (κ1) is 10.8. The van der Waals surface area contributed by atoms with Crippen molar-refractivity contribution >= 4 is 28.2 Å². The average Bonchev–Trinajstić information content (AvgIpc) is 2.78. The van der Waals surface area contributed by atoms with Crippen molar-refractivity contribution in [1.29, 1.82) is 0 Å². The molecule has 1 aromatic heterocycles. The van der Waals surface area contributed by atoms with Gasteiger partial charge in [-0.25, -0.2) is 4.98 Å². The van der Waals surface area contributed by atoms with E-state index in [1.165, 1.54) is 11.1 Å². The molecule has 2 aromatic carbocycles. The summed E-state index contributed by atoms with van der Waals surface area (Å²) in [5.41, 5.74) is 12.6. The van der Waals surface area contributed by atoms with E-state index in [1.54, 1.807) is 0 Å². The highest BCUT2D eigenvalue weighted by Gasteiger charge is 2.23. The summed E-state index contributed by atoms with van der Waals surface area (Å²) in [5, 5.41) is 1.67. The lowest BCUT2D eigenvalue weighted by molar-refractivity contribution is 1.26. The smallest absolute Gasteiger partial charge is 0.0768 e. The first-order valence-electron chi connectivity index (χ1n) is 6.20. The molecule has 0 saturated heterocycles. The van der Waals surface area contributed by atoms with Gasteiger partial charge in [-0.1, -0.05) is 35.9 Å². The third kappa shape index (κ3) is 1.47. The molecule has 0 atom stereocenters. The highest BCUT2D eigenvalue weighted by molar-refractivity contribution is 6.31. The van der Waals surface area contributed by atoms with Crippen molar-refractivity contribution in [3.63, 3.8) is 0 Å². The molecule has 2 N–H and O–H groups in total. The van der Waals surface area contributed by atoms with Gasteiger partial charge < -0.3 is 5.73 Å². The topological polar surface area (TPSA) is 38.9 Å². The van der Waals surface area contributed by atoms with Gasteiger partial charge in [-0.05, 0) is 23.8 Å². The Kier molecular flexibility index (Phi) is 2.12. The molecule has 0 saturated carbocycles. The number of anilines is 1. The summed E-state index contributed by atoms with van der Waals surface area (Å²) in [4.78, 5) is 4.75. The summed E-state index contributed by atoms with van der Waals surface area (Å²) in [5.74, 6) is 0. The van der Waals surface area contributed by atoms with Gasteiger partial charge in [0, 0.05) is 33.6 Å². The Labute approximate surface area is 115 Å². The lowest BCUT2D eigenvalue weighted by Crippen LogP contribution is -1.97. The van der Waals surface area contributed by atoms with Gasteiger partial charge in [-0.15, -0.1) is 0 Å². The van der Waals surface area contributed by atoms with Gasteiger partial charge in [-0.3, -0.25) is 0 Å². The molecule has 4 rings (SSSR count). The average molecular weight is 267 g/mol. The van der Waals surface area contributed by atoms with E-state index in [-0.39, 0.29) is 0 Å². The third-order valence-electron chi connectivity index (χ3n) is 3.73. The SMILES string of the molecule is Nc1c2c(nc3cc(Cl)ccc13)-c1ccccc1C2. The zero-order chi connectivity index (χ0) is 13.0. The fourth-order valence-electron chi connectivity index (χ4n) is 2.80. The van der Waals surface area contributed by atoms with Crippen LogP contribution in [0.4, 0.5) is 5.69 Å². The predicted molar refractivity (Wildman–Crippen MR) is 79.4 cm³/mol. The summed E-state index contributed by atoms with van der Waals surface area (Å²) >= 11 is 6.04. The quantitative estimate of drug-likeness (QED) is 0.522. The van der Waals surface area contributed by atoms with Crippen LogP contribution >= 0.6 is 11.6 Å². The molecule has 3 heteroatoms. The van der Waals surface area contributed by atoms with Crippen LogP contribution in [-0.4, -0.2) is 4.98 Å². The monoisotopic (exact) mass is 266 g/mol. The van der Waals surface area contributed by atoms with Gasteiger partial charge in [0.15, 0.2) is 0 Å². The minimum absolute atomic E-state index is 0.686. The van der Waals surface area contributed by atoms with Crippen molar-refractivity contribution in [2.45, 2.75) is 6.42 Å². The first-order valence-corrected chi connectivity index (χ1v) is 6.58. The Bertz CT molecular complexity index is 824. The van der Waals surface area contributed by atoms with Crippen molar-refractivity contribution in [3.05, 3.63) is 58.6 Å². The lowest BCUT2D eigenvalue weighted by atomic mass is 10.1. The van der Waals surface area contributed by atoms with Crippen LogP contribution in [0, 0.1) is 0 Å². The number of benzene rings is 2. The zero-order valence-corrected chi connectivity index (χ0v) is 10.9. The molecule has 3 aromatic rings. The van der Waals surface area contributed by atoms with Gasteiger partial charge in [0.2, 0.25) is 0 Å². The molecule has 19 heavy (non-hydrogen) atoms. The molecule has 0 unspecified atom stereocenters. The largest absolute Gasteiger partial charge is 0.398 e. The number of rotatable bonds is 0. The highest BCUT2D eigenvalue weighted by Crippen LogP contribution is 2.41. The van der Waals surface area contributed by atoms with Crippen LogP contribution < -0.4 is 5.73 Å². The summed E-state index contributed by atoms with van der Waals surface area (Å²) in [6.45, 7) is 0. The number of hydrogen-bond donors (Lipinski definition) is 1. The van der Waals surface area contributed by atoms with Gasteiger partial charge in [-0.2, -0.15) is 0 Å². The van der Waals surface area contributed by atoms with Gasteiger partial charge in [0.25, 0.3) is 0 Å². The van der Waals surface area contributed by atoms with Crippen LogP contribution in [0.25, 0.3) is 22.2 Å². The Balaban J connectivity index is 2.11. The Morgan fingerprint density at radius 1 is 1.11 bits per heavy atom. The Morgan fingerprint density at radius 2 is 1.95 bits per heavy atom. The van der Waals surface area contributed by atoms with Crippen LogP contribution in [0.1, 0.15) is 11.1 Å². The molecule has 0 bridgehead atoms. The van der Waals surface area contributed by atoms with E-state index >= 15 is 0 Å². The normalized spacial score (nSPS) is 12.5. The molecule has 0 spiro atoms. The molecular weight excluding hydrogens is 256 g/mol. The number of nitrogens with zero attached hydrogens (tertiary/aromatic N) is 1.